The Balaban J connectivity index is 1.47. The lowest BCUT2D eigenvalue weighted by Crippen LogP contribution is -2.39. The van der Waals surface area contributed by atoms with Gasteiger partial charge >= 0.3 is 0 Å². The summed E-state index contributed by atoms with van der Waals surface area (Å²) in [4.78, 5) is 26.7. The van der Waals surface area contributed by atoms with Gasteiger partial charge in [0, 0.05) is 6.54 Å². The van der Waals surface area contributed by atoms with Crippen LogP contribution in [0.4, 0.5) is 5.69 Å². The molecule has 2 amide bonds. The SMILES string of the molecule is O=C1NC(=S)SC1=Cc1ccc2c(c1)N(CCCCc1ccccc1)C(=O)CO2. The van der Waals surface area contributed by atoms with E-state index in [2.05, 4.69) is 17.4 Å². The minimum Gasteiger partial charge on any atom is -0.482 e. The van der Waals surface area contributed by atoms with E-state index in [9.17, 15) is 9.59 Å². The Morgan fingerprint density at radius 1 is 1.14 bits per heavy atom. The first-order chi connectivity index (χ1) is 14.1. The second-order valence-corrected chi connectivity index (χ2v) is 8.58. The summed E-state index contributed by atoms with van der Waals surface area (Å²) in [5, 5.41) is 2.61. The number of carbonyl (C=O) groups excluding carboxylic acids is 2. The summed E-state index contributed by atoms with van der Waals surface area (Å²) in [5.41, 5.74) is 2.89. The topological polar surface area (TPSA) is 58.6 Å². The summed E-state index contributed by atoms with van der Waals surface area (Å²) in [5.74, 6) is 0.452. The van der Waals surface area contributed by atoms with Crippen molar-refractivity contribution < 1.29 is 14.3 Å². The standard InChI is InChI=1S/C22H20N2O3S2/c25-20-14-27-18-10-9-16(13-19-21(26)23-22(28)29-19)12-17(18)24(20)11-5-4-8-15-6-2-1-3-7-15/h1-3,6-7,9-10,12-13H,4-5,8,11,14H2,(H,23,26,28). The van der Waals surface area contributed by atoms with Gasteiger partial charge in [-0.05, 0) is 48.6 Å². The summed E-state index contributed by atoms with van der Waals surface area (Å²) in [6.07, 6.45) is 4.68. The molecule has 0 radical (unpaired) electrons. The van der Waals surface area contributed by atoms with Crippen molar-refractivity contribution in [3.8, 4) is 5.75 Å². The molecular weight excluding hydrogens is 404 g/mol. The number of unbranched alkanes of at least 4 members (excludes halogenated alkanes) is 1. The largest absolute Gasteiger partial charge is 0.482 e. The normalized spacial score (nSPS) is 17.3. The highest BCUT2D eigenvalue weighted by Crippen LogP contribution is 2.35. The fourth-order valence-corrected chi connectivity index (χ4v) is 4.41. The Labute approximate surface area is 179 Å². The first kappa shape index (κ1) is 19.7. The molecule has 1 saturated heterocycles. The van der Waals surface area contributed by atoms with Crippen LogP contribution >= 0.6 is 24.0 Å². The van der Waals surface area contributed by atoms with Gasteiger partial charge < -0.3 is 15.0 Å². The number of ether oxygens (including phenoxy) is 1. The van der Waals surface area contributed by atoms with E-state index >= 15 is 0 Å². The Hall–Kier alpha value is -2.64. The van der Waals surface area contributed by atoms with Crippen molar-refractivity contribution in [2.45, 2.75) is 19.3 Å². The maximum atomic E-state index is 12.5. The number of benzene rings is 2. The molecule has 2 aliphatic heterocycles. The lowest BCUT2D eigenvalue weighted by atomic mass is 10.1. The number of thioether (sulfide) groups is 1. The molecule has 0 aliphatic carbocycles. The van der Waals surface area contributed by atoms with Gasteiger partial charge in [0.1, 0.15) is 10.1 Å². The zero-order valence-corrected chi connectivity index (χ0v) is 17.4. The number of aryl methyl sites for hydroxylation is 1. The molecule has 2 aromatic rings. The smallest absolute Gasteiger partial charge is 0.265 e. The fourth-order valence-electron chi connectivity index (χ4n) is 3.37. The number of hydrogen-bond acceptors (Lipinski definition) is 5. The molecule has 4 rings (SSSR count). The zero-order chi connectivity index (χ0) is 20.2. The van der Waals surface area contributed by atoms with E-state index in [1.54, 1.807) is 11.0 Å². The van der Waals surface area contributed by atoms with Gasteiger partial charge in [-0.3, -0.25) is 9.59 Å². The first-order valence-electron chi connectivity index (χ1n) is 9.46. The van der Waals surface area contributed by atoms with E-state index in [4.69, 9.17) is 17.0 Å². The van der Waals surface area contributed by atoms with Crippen LogP contribution in [-0.2, 0) is 16.0 Å². The lowest BCUT2D eigenvalue weighted by molar-refractivity contribution is -0.121. The summed E-state index contributed by atoms with van der Waals surface area (Å²) in [7, 11) is 0. The van der Waals surface area contributed by atoms with Crippen LogP contribution in [0, 0.1) is 0 Å². The number of fused-ring (bicyclic) bond motifs is 1. The Morgan fingerprint density at radius 2 is 1.97 bits per heavy atom. The van der Waals surface area contributed by atoms with E-state index in [0.717, 1.165) is 30.5 Å². The highest BCUT2D eigenvalue weighted by atomic mass is 32.2. The molecule has 7 heteroatoms. The molecule has 1 N–H and O–H groups in total. The van der Waals surface area contributed by atoms with Gasteiger partial charge in [-0.25, -0.2) is 0 Å². The molecule has 0 aromatic heterocycles. The van der Waals surface area contributed by atoms with Crippen LogP contribution in [-0.4, -0.2) is 29.3 Å². The van der Waals surface area contributed by atoms with Crippen molar-refractivity contribution in [3.63, 3.8) is 0 Å². The molecule has 0 unspecified atom stereocenters. The third-order valence-corrected chi connectivity index (χ3v) is 5.97. The van der Waals surface area contributed by atoms with E-state index in [1.165, 1.54) is 17.3 Å². The predicted molar refractivity (Wildman–Crippen MR) is 120 cm³/mol. The molecule has 29 heavy (non-hydrogen) atoms. The van der Waals surface area contributed by atoms with Gasteiger partial charge in [-0.1, -0.05) is 60.4 Å². The number of rotatable bonds is 6. The molecular formula is C22H20N2O3S2. The second kappa shape index (κ2) is 8.80. The Kier molecular flexibility index (Phi) is 5.97. The van der Waals surface area contributed by atoms with E-state index < -0.39 is 0 Å². The Bertz CT molecular complexity index is 989. The molecule has 2 aromatic carbocycles. The third kappa shape index (κ3) is 4.68. The van der Waals surface area contributed by atoms with E-state index in [1.807, 2.05) is 36.4 Å². The maximum Gasteiger partial charge on any atom is 0.265 e. The fraction of sp³-hybridized carbons (Fsp3) is 0.227. The zero-order valence-electron chi connectivity index (χ0n) is 15.7. The summed E-state index contributed by atoms with van der Waals surface area (Å²) < 4.78 is 6.04. The van der Waals surface area contributed by atoms with Crippen molar-refractivity contribution in [2.75, 3.05) is 18.1 Å². The minimum atomic E-state index is -0.192. The van der Waals surface area contributed by atoms with Crippen LogP contribution in [0.2, 0.25) is 0 Å². The summed E-state index contributed by atoms with van der Waals surface area (Å²) >= 11 is 6.27. The number of anilines is 1. The molecule has 148 valence electrons. The molecule has 0 atom stereocenters. The lowest BCUT2D eigenvalue weighted by Gasteiger charge is -2.29. The molecule has 5 nitrogen and oxygen atoms in total. The number of nitrogens with one attached hydrogen (secondary N) is 1. The number of amides is 2. The second-order valence-electron chi connectivity index (χ2n) is 6.86. The van der Waals surface area contributed by atoms with Gasteiger partial charge in [0.25, 0.3) is 11.8 Å². The van der Waals surface area contributed by atoms with Gasteiger partial charge in [-0.2, -0.15) is 0 Å². The monoisotopic (exact) mass is 424 g/mol. The molecule has 1 fully saturated rings. The van der Waals surface area contributed by atoms with Crippen LogP contribution < -0.4 is 15.0 Å². The number of hydrogen-bond donors (Lipinski definition) is 1. The summed E-state index contributed by atoms with van der Waals surface area (Å²) in [6, 6.07) is 16.0. The van der Waals surface area contributed by atoms with E-state index in [0.29, 0.717) is 21.5 Å². The predicted octanol–water partition coefficient (Wildman–Crippen LogP) is 3.92. The average Bonchev–Trinajstić information content (AvgIpc) is 3.04. The molecule has 0 bridgehead atoms. The minimum absolute atomic E-state index is 0.0452. The highest BCUT2D eigenvalue weighted by molar-refractivity contribution is 8.26. The molecule has 2 aliphatic rings. The van der Waals surface area contributed by atoms with Crippen molar-refractivity contribution in [1.82, 2.24) is 5.32 Å². The molecule has 2 heterocycles. The van der Waals surface area contributed by atoms with Gasteiger partial charge in [0.15, 0.2) is 6.61 Å². The van der Waals surface area contributed by atoms with E-state index in [-0.39, 0.29) is 18.4 Å². The first-order valence-corrected chi connectivity index (χ1v) is 10.7. The van der Waals surface area contributed by atoms with Crippen molar-refractivity contribution in [3.05, 3.63) is 64.6 Å². The average molecular weight is 425 g/mol. The highest BCUT2D eigenvalue weighted by Gasteiger charge is 2.26. The molecule has 0 spiro atoms. The van der Waals surface area contributed by atoms with Gasteiger partial charge in [0.2, 0.25) is 0 Å². The van der Waals surface area contributed by atoms with Crippen LogP contribution in [0.3, 0.4) is 0 Å². The van der Waals surface area contributed by atoms with Gasteiger partial charge in [-0.15, -0.1) is 0 Å². The van der Waals surface area contributed by atoms with Crippen molar-refractivity contribution in [1.29, 1.82) is 0 Å². The number of thiocarbonyl (C=S) groups is 1. The van der Waals surface area contributed by atoms with Crippen molar-refractivity contribution >= 4 is 51.9 Å². The van der Waals surface area contributed by atoms with Crippen LogP contribution in [0.15, 0.2) is 53.4 Å². The van der Waals surface area contributed by atoms with Crippen LogP contribution in [0.1, 0.15) is 24.0 Å². The van der Waals surface area contributed by atoms with Crippen LogP contribution in [0.25, 0.3) is 6.08 Å². The molecule has 0 saturated carbocycles. The van der Waals surface area contributed by atoms with Crippen LogP contribution in [0.5, 0.6) is 5.75 Å². The van der Waals surface area contributed by atoms with Crippen molar-refractivity contribution in [2.24, 2.45) is 0 Å². The summed E-state index contributed by atoms with van der Waals surface area (Å²) in [6.45, 7) is 0.694. The maximum absolute atomic E-state index is 12.5. The number of nitrogens with zero attached hydrogens (tertiary/aromatic N) is 1. The van der Waals surface area contributed by atoms with Gasteiger partial charge in [0.05, 0.1) is 10.6 Å². The third-order valence-electron chi connectivity index (χ3n) is 4.81. The quantitative estimate of drug-likeness (QED) is 0.433. The number of carbonyl (C=O) groups is 2. The Morgan fingerprint density at radius 3 is 2.72 bits per heavy atom.